The number of rotatable bonds is 4. The molecule has 3 nitrogen and oxygen atoms in total. The molecule has 0 aromatic heterocycles. The molecular weight excluding hydrogens is 257 g/mol. The van der Waals surface area contributed by atoms with Crippen molar-refractivity contribution in [3.05, 3.63) is 30.1 Å². The lowest BCUT2D eigenvalue weighted by Gasteiger charge is -2.38. The van der Waals surface area contributed by atoms with Gasteiger partial charge in [-0.15, -0.1) is 0 Å². The van der Waals surface area contributed by atoms with Gasteiger partial charge in [-0.25, -0.2) is 9.18 Å². The van der Waals surface area contributed by atoms with E-state index in [-0.39, 0.29) is 11.8 Å². The van der Waals surface area contributed by atoms with E-state index < -0.39 is 5.54 Å². The van der Waals surface area contributed by atoms with Crippen molar-refractivity contribution < 1.29 is 13.9 Å². The second kappa shape index (κ2) is 6.25. The number of halogens is 1. The van der Waals surface area contributed by atoms with Gasteiger partial charge in [0.05, 0.1) is 12.3 Å². The van der Waals surface area contributed by atoms with E-state index in [1.807, 2.05) is 0 Å². The third kappa shape index (κ3) is 3.11. The minimum absolute atomic E-state index is 0.268. The number of para-hydroxylation sites is 1. The number of hydrogen-bond donors (Lipinski definition) is 1. The van der Waals surface area contributed by atoms with Gasteiger partial charge in [0.2, 0.25) is 0 Å². The third-order valence-electron chi connectivity index (χ3n) is 4.04. The van der Waals surface area contributed by atoms with Crippen molar-refractivity contribution in [2.24, 2.45) is 5.92 Å². The minimum atomic E-state index is -0.787. The molecule has 1 aliphatic rings. The van der Waals surface area contributed by atoms with Crippen LogP contribution in [0.3, 0.4) is 0 Å². The molecule has 0 spiro atoms. The molecule has 0 amide bonds. The Morgan fingerprint density at radius 3 is 2.65 bits per heavy atom. The molecule has 1 saturated carbocycles. The molecule has 20 heavy (non-hydrogen) atoms. The lowest BCUT2D eigenvalue weighted by atomic mass is 9.77. The van der Waals surface area contributed by atoms with Crippen LogP contribution < -0.4 is 5.32 Å². The highest BCUT2D eigenvalue weighted by Gasteiger charge is 2.42. The van der Waals surface area contributed by atoms with Crippen LogP contribution in [0.15, 0.2) is 24.3 Å². The van der Waals surface area contributed by atoms with Gasteiger partial charge in [-0.2, -0.15) is 0 Å². The number of esters is 1. The van der Waals surface area contributed by atoms with Crippen LogP contribution in [0.5, 0.6) is 0 Å². The number of carbonyl (C=O) groups is 1. The quantitative estimate of drug-likeness (QED) is 0.853. The molecule has 4 heteroatoms. The molecule has 0 saturated heterocycles. The second-order valence-electron chi connectivity index (χ2n) is 5.59. The maximum Gasteiger partial charge on any atom is 0.331 e. The van der Waals surface area contributed by atoms with E-state index in [1.165, 1.54) is 6.07 Å². The third-order valence-corrected chi connectivity index (χ3v) is 4.04. The molecular formula is C16H22FNO2. The maximum atomic E-state index is 13.8. The summed E-state index contributed by atoms with van der Waals surface area (Å²) >= 11 is 0. The molecule has 1 aliphatic carbocycles. The summed E-state index contributed by atoms with van der Waals surface area (Å²) in [4.78, 5) is 12.3. The largest absolute Gasteiger partial charge is 0.464 e. The number of anilines is 1. The van der Waals surface area contributed by atoms with Crippen molar-refractivity contribution in [1.29, 1.82) is 0 Å². The van der Waals surface area contributed by atoms with Crippen molar-refractivity contribution in [3.8, 4) is 0 Å². The SMILES string of the molecule is CCOC(=O)C1(Nc2ccccc2F)CCC(C)CC1. The standard InChI is InChI=1S/C16H22FNO2/c1-3-20-15(19)16(10-8-12(2)9-11-16)18-14-7-5-4-6-13(14)17/h4-7,12,18H,3,8-11H2,1-2H3. The lowest BCUT2D eigenvalue weighted by Crippen LogP contribution is -2.50. The summed E-state index contributed by atoms with van der Waals surface area (Å²) in [6, 6.07) is 6.46. The average molecular weight is 279 g/mol. The van der Waals surface area contributed by atoms with Crippen LogP contribution in [-0.4, -0.2) is 18.1 Å². The van der Waals surface area contributed by atoms with Gasteiger partial charge in [0.15, 0.2) is 0 Å². The van der Waals surface area contributed by atoms with Crippen LogP contribution in [0, 0.1) is 11.7 Å². The van der Waals surface area contributed by atoms with Crippen LogP contribution in [0.2, 0.25) is 0 Å². The Bertz CT molecular complexity index is 467. The Balaban J connectivity index is 2.23. The van der Waals surface area contributed by atoms with Gasteiger partial charge < -0.3 is 10.1 Å². The van der Waals surface area contributed by atoms with Gasteiger partial charge >= 0.3 is 5.97 Å². The van der Waals surface area contributed by atoms with Crippen LogP contribution in [0.25, 0.3) is 0 Å². The Kier molecular flexibility index (Phi) is 4.63. The van der Waals surface area contributed by atoms with Crippen molar-refractivity contribution in [3.63, 3.8) is 0 Å². The fourth-order valence-electron chi connectivity index (χ4n) is 2.72. The van der Waals surface area contributed by atoms with Crippen LogP contribution >= 0.6 is 0 Å². The van der Waals surface area contributed by atoms with Gasteiger partial charge in [-0.1, -0.05) is 19.1 Å². The minimum Gasteiger partial charge on any atom is -0.464 e. The number of nitrogens with one attached hydrogen (secondary N) is 1. The first kappa shape index (κ1) is 14.8. The molecule has 0 unspecified atom stereocenters. The molecule has 110 valence electrons. The fourth-order valence-corrected chi connectivity index (χ4v) is 2.72. The first-order valence-electron chi connectivity index (χ1n) is 7.27. The summed E-state index contributed by atoms with van der Waals surface area (Å²) < 4.78 is 19.0. The molecule has 0 atom stereocenters. The van der Waals surface area contributed by atoms with Gasteiger partial charge in [0, 0.05) is 0 Å². The normalized spacial score (nSPS) is 26.1. The Labute approximate surface area is 119 Å². The zero-order chi connectivity index (χ0) is 14.6. The zero-order valence-corrected chi connectivity index (χ0v) is 12.1. The number of carbonyl (C=O) groups excluding carboxylic acids is 1. The number of hydrogen-bond acceptors (Lipinski definition) is 3. The highest BCUT2D eigenvalue weighted by Crippen LogP contribution is 2.36. The van der Waals surface area contributed by atoms with Gasteiger partial charge in [-0.05, 0) is 50.7 Å². The van der Waals surface area contributed by atoms with Crippen LogP contribution in [0.4, 0.5) is 10.1 Å². The van der Waals surface area contributed by atoms with Gasteiger partial charge in [-0.3, -0.25) is 0 Å². The molecule has 1 aromatic carbocycles. The molecule has 1 aromatic rings. The van der Waals surface area contributed by atoms with Crippen molar-refractivity contribution in [2.45, 2.75) is 45.1 Å². The Morgan fingerprint density at radius 1 is 1.40 bits per heavy atom. The highest BCUT2D eigenvalue weighted by molar-refractivity contribution is 5.84. The van der Waals surface area contributed by atoms with Crippen molar-refractivity contribution >= 4 is 11.7 Å². The summed E-state index contributed by atoms with van der Waals surface area (Å²) in [6.45, 7) is 4.31. The summed E-state index contributed by atoms with van der Waals surface area (Å²) in [7, 11) is 0. The summed E-state index contributed by atoms with van der Waals surface area (Å²) in [5.74, 6) is -0.00933. The maximum absolute atomic E-state index is 13.8. The molecule has 0 heterocycles. The molecule has 2 rings (SSSR count). The summed E-state index contributed by atoms with van der Waals surface area (Å²) in [5.41, 5.74) is -0.417. The predicted molar refractivity (Wildman–Crippen MR) is 77.0 cm³/mol. The van der Waals surface area contributed by atoms with E-state index in [0.29, 0.717) is 31.1 Å². The van der Waals surface area contributed by atoms with Crippen molar-refractivity contribution in [2.75, 3.05) is 11.9 Å². The van der Waals surface area contributed by atoms with Gasteiger partial charge in [0.1, 0.15) is 11.4 Å². The summed E-state index contributed by atoms with van der Waals surface area (Å²) in [5, 5.41) is 3.12. The molecule has 0 aliphatic heterocycles. The van der Waals surface area contributed by atoms with E-state index >= 15 is 0 Å². The topological polar surface area (TPSA) is 38.3 Å². The summed E-state index contributed by atoms with van der Waals surface area (Å²) in [6.07, 6.45) is 3.25. The molecule has 0 radical (unpaired) electrons. The van der Waals surface area contributed by atoms with E-state index in [1.54, 1.807) is 25.1 Å². The molecule has 1 fully saturated rings. The van der Waals surface area contributed by atoms with Crippen LogP contribution in [-0.2, 0) is 9.53 Å². The monoisotopic (exact) mass is 279 g/mol. The predicted octanol–water partition coefficient (Wildman–Crippen LogP) is 3.75. The number of ether oxygens (including phenoxy) is 1. The first-order valence-corrected chi connectivity index (χ1v) is 7.27. The Hall–Kier alpha value is -1.58. The lowest BCUT2D eigenvalue weighted by molar-refractivity contribution is -0.150. The van der Waals surface area contributed by atoms with Crippen molar-refractivity contribution in [1.82, 2.24) is 0 Å². The number of benzene rings is 1. The smallest absolute Gasteiger partial charge is 0.331 e. The zero-order valence-electron chi connectivity index (χ0n) is 12.1. The van der Waals surface area contributed by atoms with E-state index in [0.717, 1.165) is 12.8 Å². The fraction of sp³-hybridized carbons (Fsp3) is 0.562. The molecule has 1 N–H and O–H groups in total. The highest BCUT2D eigenvalue weighted by atomic mass is 19.1. The van der Waals surface area contributed by atoms with Gasteiger partial charge in [0.25, 0.3) is 0 Å². The average Bonchev–Trinajstić information content (AvgIpc) is 2.44. The first-order chi connectivity index (χ1) is 9.57. The second-order valence-corrected chi connectivity index (χ2v) is 5.59. The van der Waals surface area contributed by atoms with E-state index in [9.17, 15) is 9.18 Å². The van der Waals surface area contributed by atoms with Crippen LogP contribution in [0.1, 0.15) is 39.5 Å². The van der Waals surface area contributed by atoms with E-state index in [2.05, 4.69) is 12.2 Å². The molecule has 0 bridgehead atoms. The Morgan fingerprint density at radius 2 is 2.05 bits per heavy atom. The van der Waals surface area contributed by atoms with E-state index in [4.69, 9.17) is 4.74 Å².